The summed E-state index contributed by atoms with van der Waals surface area (Å²) in [7, 11) is 0. The van der Waals surface area contributed by atoms with Crippen molar-refractivity contribution in [1.82, 2.24) is 9.80 Å². The van der Waals surface area contributed by atoms with Gasteiger partial charge in [0, 0.05) is 50.1 Å². The van der Waals surface area contributed by atoms with Crippen molar-refractivity contribution >= 4 is 11.6 Å². The van der Waals surface area contributed by atoms with Gasteiger partial charge in [0.15, 0.2) is 11.6 Å². The Labute approximate surface area is 246 Å². The molecule has 4 nitrogen and oxygen atoms in total. The lowest BCUT2D eigenvalue weighted by molar-refractivity contribution is 0.0966. The van der Waals surface area contributed by atoms with Gasteiger partial charge in [-0.1, -0.05) is 24.3 Å². The highest BCUT2D eigenvalue weighted by Gasteiger charge is 2.30. The van der Waals surface area contributed by atoms with E-state index in [0.717, 1.165) is 67.2 Å². The van der Waals surface area contributed by atoms with Gasteiger partial charge in [0.1, 0.15) is 0 Å². The normalized spacial score (nSPS) is 27.3. The van der Waals surface area contributed by atoms with Crippen molar-refractivity contribution < 1.29 is 9.59 Å². The SMILES string of the molecule is O=C(CCCN1CC2CCC(CC2)C1)c1ccc2c(c1)Cc1cc(C(=O)CCCN3CC4CCC(CC4)C3)ccc1-2. The Hall–Kier alpha value is -2.30. The Morgan fingerprint density at radius 2 is 0.927 bits per heavy atom. The summed E-state index contributed by atoms with van der Waals surface area (Å²) in [6, 6.07) is 12.6. The molecule has 41 heavy (non-hydrogen) atoms. The van der Waals surface area contributed by atoms with Gasteiger partial charge in [-0.3, -0.25) is 9.59 Å². The number of carbonyl (C=O) groups is 2. The zero-order valence-electron chi connectivity index (χ0n) is 24.9. The van der Waals surface area contributed by atoms with E-state index < -0.39 is 0 Å². The van der Waals surface area contributed by atoms with Crippen LogP contribution in [-0.2, 0) is 6.42 Å². The Morgan fingerprint density at radius 3 is 1.29 bits per heavy atom. The average molecular weight is 553 g/mol. The van der Waals surface area contributed by atoms with Gasteiger partial charge in [-0.15, -0.1) is 0 Å². The number of rotatable bonds is 10. The molecule has 0 radical (unpaired) electrons. The van der Waals surface area contributed by atoms with Gasteiger partial charge in [-0.2, -0.15) is 0 Å². The van der Waals surface area contributed by atoms with E-state index in [1.54, 1.807) is 0 Å². The Balaban J connectivity index is 0.910. The zero-order valence-corrected chi connectivity index (χ0v) is 24.9. The third kappa shape index (κ3) is 6.25. The van der Waals surface area contributed by atoms with Crippen molar-refractivity contribution in [3.63, 3.8) is 0 Å². The number of fused-ring (bicyclic) bond motifs is 11. The molecule has 4 heterocycles. The molecule has 6 fully saturated rings. The molecular weight excluding hydrogens is 504 g/mol. The van der Waals surface area contributed by atoms with Crippen LogP contribution in [-0.4, -0.2) is 60.6 Å². The second-order valence-electron chi connectivity index (χ2n) is 14.3. The molecule has 0 N–H and O–H groups in total. The number of ketones is 2. The minimum Gasteiger partial charge on any atom is -0.303 e. The predicted molar refractivity (Wildman–Crippen MR) is 166 cm³/mol. The first-order chi connectivity index (χ1) is 20.1. The van der Waals surface area contributed by atoms with Gasteiger partial charge in [-0.25, -0.2) is 0 Å². The highest BCUT2D eigenvalue weighted by molar-refractivity contribution is 5.99. The first-order valence-electron chi connectivity index (χ1n) is 16.8. The minimum atomic E-state index is 0.273. The van der Waals surface area contributed by atoms with Gasteiger partial charge in [0.05, 0.1) is 0 Å². The van der Waals surface area contributed by atoms with Crippen LogP contribution in [0.3, 0.4) is 0 Å². The molecule has 2 aromatic carbocycles. The summed E-state index contributed by atoms with van der Waals surface area (Å²) in [5, 5.41) is 0. The van der Waals surface area contributed by atoms with Crippen LogP contribution in [0.2, 0.25) is 0 Å². The lowest BCUT2D eigenvalue weighted by Crippen LogP contribution is -2.29. The molecule has 0 atom stereocenters. The maximum atomic E-state index is 13.1. The van der Waals surface area contributed by atoms with Crippen LogP contribution in [0.1, 0.15) is 109 Å². The Kier molecular flexibility index (Phi) is 8.14. The lowest BCUT2D eigenvalue weighted by atomic mass is 9.84. The van der Waals surface area contributed by atoms with Crippen LogP contribution >= 0.6 is 0 Å². The minimum absolute atomic E-state index is 0.273. The summed E-state index contributed by atoms with van der Waals surface area (Å²) >= 11 is 0. The maximum Gasteiger partial charge on any atom is 0.162 e. The second-order valence-corrected chi connectivity index (χ2v) is 14.3. The van der Waals surface area contributed by atoms with Gasteiger partial charge in [0.2, 0.25) is 0 Å². The van der Waals surface area contributed by atoms with E-state index in [1.165, 1.54) is 99.8 Å². The predicted octanol–water partition coefficient (Wildman–Crippen LogP) is 7.43. The fraction of sp³-hybridized carbons (Fsp3) is 0.622. The number of hydrogen-bond donors (Lipinski definition) is 0. The van der Waals surface area contributed by atoms with E-state index in [2.05, 4.69) is 34.1 Å². The second kappa shape index (κ2) is 12.1. The van der Waals surface area contributed by atoms with Crippen molar-refractivity contribution in [2.45, 2.75) is 83.5 Å². The molecule has 2 saturated carbocycles. The molecule has 0 aromatic heterocycles. The average Bonchev–Trinajstić information content (AvgIpc) is 3.25. The number of hydrogen-bond acceptors (Lipinski definition) is 4. The van der Waals surface area contributed by atoms with Gasteiger partial charge >= 0.3 is 0 Å². The first kappa shape index (κ1) is 27.5. The van der Waals surface area contributed by atoms with Gasteiger partial charge in [0.25, 0.3) is 0 Å². The standard InChI is InChI=1S/C37H48N2O2/c40-36(3-1-17-38-22-26-5-6-27(23-38)8-7-26)30-13-15-34-32(19-30)21-33-20-31(14-16-35(33)34)37(41)4-2-18-39-24-28-9-10-29(25-39)12-11-28/h13-16,19-20,26-29H,1-12,17-18,21-25H2. The third-order valence-corrected chi connectivity index (χ3v) is 11.3. The molecule has 4 heteroatoms. The molecule has 3 aliphatic carbocycles. The van der Waals surface area contributed by atoms with Crippen molar-refractivity contribution in [1.29, 1.82) is 0 Å². The highest BCUT2D eigenvalue weighted by atomic mass is 16.1. The van der Waals surface area contributed by atoms with E-state index in [1.807, 2.05) is 12.1 Å². The molecule has 4 bridgehead atoms. The molecule has 0 amide bonds. The van der Waals surface area contributed by atoms with E-state index in [9.17, 15) is 9.59 Å². The molecule has 218 valence electrons. The molecule has 9 rings (SSSR count). The van der Waals surface area contributed by atoms with Crippen LogP contribution in [0, 0.1) is 23.7 Å². The Morgan fingerprint density at radius 1 is 0.561 bits per heavy atom. The number of carbonyl (C=O) groups excluding carboxylic acids is 2. The van der Waals surface area contributed by atoms with E-state index in [4.69, 9.17) is 0 Å². The van der Waals surface area contributed by atoms with Crippen LogP contribution in [0.15, 0.2) is 36.4 Å². The topological polar surface area (TPSA) is 40.6 Å². The summed E-state index contributed by atoms with van der Waals surface area (Å²) < 4.78 is 0. The molecule has 2 aromatic rings. The van der Waals surface area contributed by atoms with Gasteiger partial charge < -0.3 is 9.80 Å². The molecular formula is C37H48N2O2. The molecule has 4 aliphatic heterocycles. The summed E-state index contributed by atoms with van der Waals surface area (Å²) in [5.41, 5.74) is 6.62. The summed E-state index contributed by atoms with van der Waals surface area (Å²) in [4.78, 5) is 31.5. The van der Waals surface area contributed by atoms with Crippen LogP contribution in [0.5, 0.6) is 0 Å². The van der Waals surface area contributed by atoms with E-state index in [-0.39, 0.29) is 11.6 Å². The quantitative estimate of drug-likeness (QED) is 0.245. The largest absolute Gasteiger partial charge is 0.303 e. The highest BCUT2D eigenvalue weighted by Crippen LogP contribution is 2.38. The van der Waals surface area contributed by atoms with Crippen molar-refractivity contribution in [3.8, 4) is 11.1 Å². The number of nitrogens with zero attached hydrogens (tertiary/aromatic N) is 2. The van der Waals surface area contributed by atoms with E-state index in [0.29, 0.717) is 12.8 Å². The number of Topliss-reactive ketones (excluding diaryl/α,β-unsaturated/α-hetero) is 2. The fourth-order valence-corrected chi connectivity index (χ4v) is 8.94. The van der Waals surface area contributed by atoms with Crippen molar-refractivity contribution in [2.24, 2.45) is 23.7 Å². The third-order valence-electron chi connectivity index (χ3n) is 11.3. The number of benzene rings is 2. The van der Waals surface area contributed by atoms with Crippen LogP contribution in [0.4, 0.5) is 0 Å². The van der Waals surface area contributed by atoms with Crippen molar-refractivity contribution in [3.05, 3.63) is 58.7 Å². The van der Waals surface area contributed by atoms with Gasteiger partial charge in [-0.05, 0) is 142 Å². The first-order valence-corrected chi connectivity index (χ1v) is 16.8. The molecule has 4 saturated heterocycles. The summed E-state index contributed by atoms with van der Waals surface area (Å²) in [6.07, 6.45) is 15.3. The maximum absolute atomic E-state index is 13.1. The summed E-state index contributed by atoms with van der Waals surface area (Å²) in [6.45, 7) is 7.09. The fourth-order valence-electron chi connectivity index (χ4n) is 8.94. The lowest BCUT2D eigenvalue weighted by Gasteiger charge is -2.21. The Bertz CT molecular complexity index is 1140. The summed E-state index contributed by atoms with van der Waals surface area (Å²) in [5.74, 6) is 4.09. The smallest absolute Gasteiger partial charge is 0.162 e. The molecule has 0 spiro atoms. The van der Waals surface area contributed by atoms with Crippen LogP contribution < -0.4 is 0 Å². The molecule has 7 aliphatic rings. The monoisotopic (exact) mass is 552 g/mol. The van der Waals surface area contributed by atoms with Crippen LogP contribution in [0.25, 0.3) is 11.1 Å². The zero-order chi connectivity index (χ0) is 27.8. The van der Waals surface area contributed by atoms with E-state index >= 15 is 0 Å². The van der Waals surface area contributed by atoms with Crippen molar-refractivity contribution in [2.75, 3.05) is 39.3 Å². The molecule has 0 unspecified atom stereocenters.